The van der Waals surface area contributed by atoms with Crippen molar-refractivity contribution < 1.29 is 5.11 Å². The zero-order chi connectivity index (χ0) is 14.0. The number of hydrogen-bond donors (Lipinski definition) is 1. The van der Waals surface area contributed by atoms with Gasteiger partial charge in [-0.25, -0.2) is 0 Å². The topological polar surface area (TPSA) is 20.2 Å². The molecule has 0 heterocycles. The van der Waals surface area contributed by atoms with E-state index in [1.54, 1.807) is 0 Å². The molecule has 1 nitrogen and oxygen atoms in total. The summed E-state index contributed by atoms with van der Waals surface area (Å²) in [4.78, 5) is 0. The Morgan fingerprint density at radius 3 is 2.11 bits per heavy atom. The van der Waals surface area contributed by atoms with E-state index in [4.69, 9.17) is 0 Å². The lowest BCUT2D eigenvalue weighted by molar-refractivity contribution is -0.00267. The molecule has 1 aliphatic carbocycles. The smallest absolute Gasteiger partial charge is 0.0566 e. The summed E-state index contributed by atoms with van der Waals surface area (Å²) >= 11 is 0. The molecule has 0 radical (unpaired) electrons. The van der Waals surface area contributed by atoms with Crippen molar-refractivity contribution in [3.8, 4) is 0 Å². The van der Waals surface area contributed by atoms with Crippen LogP contribution >= 0.6 is 0 Å². The predicted octanol–water partition coefficient (Wildman–Crippen LogP) is 5.03. The summed E-state index contributed by atoms with van der Waals surface area (Å²) < 4.78 is 0. The van der Waals surface area contributed by atoms with Gasteiger partial charge in [-0.2, -0.15) is 0 Å². The number of aliphatic hydroxyl groups excluding tert-OH is 1. The molecule has 4 atom stereocenters. The molecular weight excluding hydrogens is 220 g/mol. The Kier molecular flexibility index (Phi) is 5.29. The van der Waals surface area contributed by atoms with E-state index in [1.165, 1.54) is 32.1 Å². The average molecular weight is 254 g/mol. The minimum Gasteiger partial charge on any atom is -0.393 e. The monoisotopic (exact) mass is 254 g/mol. The molecule has 0 spiro atoms. The van der Waals surface area contributed by atoms with Gasteiger partial charge in [-0.15, -0.1) is 0 Å². The number of aliphatic hydroxyl groups is 1. The van der Waals surface area contributed by atoms with Crippen LogP contribution in [0.3, 0.4) is 0 Å². The Morgan fingerprint density at radius 2 is 1.67 bits per heavy atom. The van der Waals surface area contributed by atoms with Crippen molar-refractivity contribution in [3.63, 3.8) is 0 Å². The normalized spacial score (nSPS) is 33.2. The van der Waals surface area contributed by atoms with Crippen LogP contribution in [0.4, 0.5) is 0 Å². The highest BCUT2D eigenvalue weighted by Crippen LogP contribution is 2.49. The van der Waals surface area contributed by atoms with Crippen LogP contribution in [0.25, 0.3) is 0 Å². The van der Waals surface area contributed by atoms with Gasteiger partial charge in [0, 0.05) is 0 Å². The summed E-state index contributed by atoms with van der Waals surface area (Å²) in [6.45, 7) is 14.2. The molecule has 0 aliphatic heterocycles. The molecule has 0 bridgehead atoms. The molecule has 1 rings (SSSR count). The second-order valence-electron chi connectivity index (χ2n) is 7.76. The summed E-state index contributed by atoms with van der Waals surface area (Å²) in [7, 11) is 0. The van der Waals surface area contributed by atoms with Crippen molar-refractivity contribution in [1.29, 1.82) is 0 Å². The molecule has 1 heteroatoms. The highest BCUT2D eigenvalue weighted by Gasteiger charge is 2.40. The molecular formula is C17H34O. The zero-order valence-corrected chi connectivity index (χ0v) is 13.4. The fraction of sp³-hybridized carbons (Fsp3) is 1.00. The van der Waals surface area contributed by atoms with Gasteiger partial charge < -0.3 is 5.11 Å². The second kappa shape index (κ2) is 5.94. The minimum absolute atomic E-state index is 0.0541. The van der Waals surface area contributed by atoms with Gasteiger partial charge in [0.2, 0.25) is 0 Å². The fourth-order valence-electron chi connectivity index (χ4n) is 3.79. The maximum absolute atomic E-state index is 9.91. The largest absolute Gasteiger partial charge is 0.393 e. The minimum atomic E-state index is -0.0541. The average Bonchev–Trinajstić information content (AvgIpc) is 2.32. The third kappa shape index (κ3) is 3.73. The van der Waals surface area contributed by atoms with Crippen LogP contribution in [0.5, 0.6) is 0 Å². The zero-order valence-electron chi connectivity index (χ0n) is 13.4. The molecule has 1 N–H and O–H groups in total. The van der Waals surface area contributed by atoms with E-state index in [0.717, 1.165) is 12.3 Å². The molecule has 0 aromatic carbocycles. The predicted molar refractivity (Wildman–Crippen MR) is 79.6 cm³/mol. The first kappa shape index (κ1) is 16.0. The molecule has 1 fully saturated rings. The van der Waals surface area contributed by atoms with E-state index in [2.05, 4.69) is 41.5 Å². The molecule has 1 aliphatic rings. The maximum atomic E-state index is 9.91. The summed E-state index contributed by atoms with van der Waals surface area (Å²) in [6.07, 6.45) is 7.23. The van der Waals surface area contributed by atoms with Gasteiger partial charge in [0.05, 0.1) is 6.10 Å². The quantitative estimate of drug-likeness (QED) is 0.730. The van der Waals surface area contributed by atoms with Gasteiger partial charge in [0.1, 0.15) is 0 Å². The van der Waals surface area contributed by atoms with Crippen molar-refractivity contribution >= 4 is 0 Å². The summed E-state index contributed by atoms with van der Waals surface area (Å²) in [6, 6.07) is 0. The van der Waals surface area contributed by atoms with Gasteiger partial charge in [-0.05, 0) is 48.3 Å². The third-order valence-electron chi connectivity index (χ3n) is 5.76. The molecule has 0 aromatic rings. The van der Waals surface area contributed by atoms with Crippen LogP contribution in [0.2, 0.25) is 0 Å². The Morgan fingerprint density at radius 1 is 1.06 bits per heavy atom. The molecule has 108 valence electrons. The molecule has 0 saturated heterocycles. The maximum Gasteiger partial charge on any atom is 0.0566 e. The standard InChI is InChI=1S/C17H34O/c1-7-16(4,5)12-17(6,8-2)14-9-10-15(18)13(3)11-14/h13-15,18H,7-12H2,1-6H3. The van der Waals surface area contributed by atoms with E-state index < -0.39 is 0 Å². The van der Waals surface area contributed by atoms with Gasteiger partial charge in [0.25, 0.3) is 0 Å². The lowest BCUT2D eigenvalue weighted by Gasteiger charge is -2.46. The number of hydrogen-bond acceptors (Lipinski definition) is 1. The molecule has 1 saturated carbocycles. The Labute approximate surface area is 114 Å². The van der Waals surface area contributed by atoms with E-state index in [-0.39, 0.29) is 6.10 Å². The molecule has 0 amide bonds. The van der Waals surface area contributed by atoms with Gasteiger partial charge in [0.15, 0.2) is 0 Å². The fourth-order valence-corrected chi connectivity index (χ4v) is 3.79. The van der Waals surface area contributed by atoms with Crippen molar-refractivity contribution in [3.05, 3.63) is 0 Å². The van der Waals surface area contributed by atoms with Crippen LogP contribution < -0.4 is 0 Å². The second-order valence-corrected chi connectivity index (χ2v) is 7.76. The van der Waals surface area contributed by atoms with E-state index in [1.807, 2.05) is 0 Å². The van der Waals surface area contributed by atoms with Gasteiger partial charge in [-0.1, -0.05) is 54.4 Å². The lowest BCUT2D eigenvalue weighted by atomic mass is 9.60. The van der Waals surface area contributed by atoms with Crippen LogP contribution in [-0.4, -0.2) is 11.2 Å². The Hall–Kier alpha value is -0.0400. The highest BCUT2D eigenvalue weighted by atomic mass is 16.3. The SMILES string of the molecule is CCC(C)(C)CC(C)(CC)C1CCC(O)C(C)C1. The van der Waals surface area contributed by atoms with E-state index in [0.29, 0.717) is 16.7 Å². The van der Waals surface area contributed by atoms with Crippen LogP contribution in [-0.2, 0) is 0 Å². The molecule has 18 heavy (non-hydrogen) atoms. The van der Waals surface area contributed by atoms with Crippen LogP contribution in [0.1, 0.15) is 80.1 Å². The van der Waals surface area contributed by atoms with Crippen LogP contribution in [0, 0.1) is 22.7 Å². The van der Waals surface area contributed by atoms with E-state index >= 15 is 0 Å². The number of rotatable bonds is 5. The van der Waals surface area contributed by atoms with E-state index in [9.17, 15) is 5.11 Å². The van der Waals surface area contributed by atoms with Crippen LogP contribution in [0.15, 0.2) is 0 Å². The first-order chi connectivity index (χ1) is 8.24. The highest BCUT2D eigenvalue weighted by molar-refractivity contribution is 4.91. The van der Waals surface area contributed by atoms with Crippen molar-refractivity contribution in [1.82, 2.24) is 0 Å². The summed E-state index contributed by atoms with van der Waals surface area (Å²) in [5.74, 6) is 1.28. The van der Waals surface area contributed by atoms with Gasteiger partial charge in [-0.3, -0.25) is 0 Å². The van der Waals surface area contributed by atoms with Crippen molar-refractivity contribution in [2.24, 2.45) is 22.7 Å². The molecule has 4 unspecified atom stereocenters. The summed E-state index contributed by atoms with van der Waals surface area (Å²) in [5.41, 5.74) is 0.901. The summed E-state index contributed by atoms with van der Waals surface area (Å²) in [5, 5.41) is 9.91. The first-order valence-corrected chi connectivity index (χ1v) is 7.92. The lowest BCUT2D eigenvalue weighted by Crippen LogP contribution is -2.38. The van der Waals surface area contributed by atoms with Crippen molar-refractivity contribution in [2.75, 3.05) is 0 Å². The third-order valence-corrected chi connectivity index (χ3v) is 5.76. The Bertz CT molecular complexity index is 258. The van der Waals surface area contributed by atoms with Gasteiger partial charge >= 0.3 is 0 Å². The Balaban J connectivity index is 2.75. The van der Waals surface area contributed by atoms with Crippen molar-refractivity contribution in [2.45, 2.75) is 86.2 Å². The first-order valence-electron chi connectivity index (χ1n) is 7.92. The molecule has 0 aromatic heterocycles.